The number of ether oxygens (including phenoxy) is 1. The topological polar surface area (TPSA) is 24.5 Å². The lowest BCUT2D eigenvalue weighted by Crippen LogP contribution is -2.28. The Labute approximate surface area is 117 Å². The molecule has 0 aliphatic carbocycles. The highest BCUT2D eigenvalue weighted by Gasteiger charge is 2.38. The normalized spacial score (nSPS) is 27.8. The van der Waals surface area contributed by atoms with Crippen LogP contribution in [0.25, 0.3) is 0 Å². The molecule has 3 nitrogen and oxygen atoms in total. The summed E-state index contributed by atoms with van der Waals surface area (Å²) in [5, 5.41) is 3.41. The van der Waals surface area contributed by atoms with Gasteiger partial charge in [-0.15, -0.1) is 0 Å². The summed E-state index contributed by atoms with van der Waals surface area (Å²) < 4.78 is 29.6. The molecular weight excluding hydrogens is 262 g/mol. The molecule has 5 heteroatoms. The highest BCUT2D eigenvalue weighted by atomic mass is 19.3. The minimum Gasteiger partial charge on any atom is -0.434 e. The lowest BCUT2D eigenvalue weighted by Gasteiger charge is -2.27. The molecule has 1 aromatic carbocycles. The maximum Gasteiger partial charge on any atom is 0.387 e. The molecule has 20 heavy (non-hydrogen) atoms. The first-order chi connectivity index (χ1) is 9.65. The number of hydrogen-bond acceptors (Lipinski definition) is 3. The van der Waals surface area contributed by atoms with Gasteiger partial charge < -0.3 is 10.1 Å². The van der Waals surface area contributed by atoms with E-state index in [2.05, 4.69) is 21.9 Å². The van der Waals surface area contributed by atoms with Crippen LogP contribution in [-0.4, -0.2) is 37.7 Å². The zero-order valence-corrected chi connectivity index (χ0v) is 11.6. The Morgan fingerprint density at radius 1 is 1.20 bits per heavy atom. The van der Waals surface area contributed by atoms with Gasteiger partial charge in [-0.2, -0.15) is 8.78 Å². The van der Waals surface area contributed by atoms with Gasteiger partial charge in [-0.25, -0.2) is 0 Å². The number of likely N-dealkylation sites (tertiary alicyclic amines) is 1. The van der Waals surface area contributed by atoms with Crippen molar-refractivity contribution >= 4 is 0 Å². The summed E-state index contributed by atoms with van der Waals surface area (Å²) in [6, 6.07) is 7.22. The summed E-state index contributed by atoms with van der Waals surface area (Å²) in [5.41, 5.74) is 0.848. The monoisotopic (exact) mass is 282 g/mol. The number of hydrogen-bond donors (Lipinski definition) is 1. The van der Waals surface area contributed by atoms with Crippen LogP contribution >= 0.6 is 0 Å². The third-order valence-corrected chi connectivity index (χ3v) is 4.55. The van der Waals surface area contributed by atoms with E-state index in [1.807, 2.05) is 12.1 Å². The van der Waals surface area contributed by atoms with Crippen LogP contribution in [0, 0.1) is 11.8 Å². The average molecular weight is 282 g/mol. The van der Waals surface area contributed by atoms with E-state index < -0.39 is 6.61 Å². The molecule has 2 heterocycles. The van der Waals surface area contributed by atoms with Crippen molar-refractivity contribution in [2.24, 2.45) is 11.8 Å². The van der Waals surface area contributed by atoms with Gasteiger partial charge in [0.15, 0.2) is 0 Å². The zero-order valence-electron chi connectivity index (χ0n) is 11.6. The first-order valence-corrected chi connectivity index (χ1v) is 7.13. The van der Waals surface area contributed by atoms with Crippen LogP contribution in [0.5, 0.6) is 5.75 Å². The Morgan fingerprint density at radius 3 is 2.50 bits per heavy atom. The molecule has 1 aromatic rings. The first kappa shape index (κ1) is 13.8. The summed E-state index contributed by atoms with van der Waals surface area (Å²) in [5.74, 6) is 1.69. The highest BCUT2D eigenvalue weighted by molar-refractivity contribution is 5.35. The summed E-state index contributed by atoms with van der Waals surface area (Å²) in [6.45, 7) is 3.50. The Morgan fingerprint density at radius 2 is 1.85 bits per heavy atom. The number of halogens is 2. The van der Waals surface area contributed by atoms with Crippen LogP contribution in [0.4, 0.5) is 8.78 Å². The summed E-state index contributed by atoms with van der Waals surface area (Å²) in [4.78, 5) is 2.38. The third-order valence-electron chi connectivity index (χ3n) is 4.55. The van der Waals surface area contributed by atoms with Crippen LogP contribution in [0.3, 0.4) is 0 Å². The first-order valence-electron chi connectivity index (χ1n) is 7.13. The predicted molar refractivity (Wildman–Crippen MR) is 72.9 cm³/mol. The Bertz CT molecular complexity index is 457. The van der Waals surface area contributed by atoms with Gasteiger partial charge in [-0.1, -0.05) is 18.2 Å². The largest absolute Gasteiger partial charge is 0.434 e. The Balaban J connectivity index is 1.75. The fraction of sp³-hybridized carbons (Fsp3) is 0.600. The van der Waals surface area contributed by atoms with Crippen molar-refractivity contribution in [1.82, 2.24) is 10.2 Å². The highest BCUT2D eigenvalue weighted by Crippen LogP contribution is 2.36. The molecule has 2 aliphatic rings. The molecule has 1 N–H and O–H groups in total. The molecule has 3 rings (SSSR count). The van der Waals surface area contributed by atoms with Crippen molar-refractivity contribution in [3.05, 3.63) is 29.8 Å². The molecular formula is C15H20F2N2O. The molecule has 2 aliphatic heterocycles. The number of nitrogens with one attached hydrogen (secondary N) is 1. The van der Waals surface area contributed by atoms with Crippen LogP contribution in [-0.2, 0) is 0 Å². The van der Waals surface area contributed by atoms with Crippen molar-refractivity contribution < 1.29 is 13.5 Å². The minimum absolute atomic E-state index is 0.107. The van der Waals surface area contributed by atoms with E-state index >= 15 is 0 Å². The van der Waals surface area contributed by atoms with Crippen molar-refractivity contribution in [3.63, 3.8) is 0 Å². The van der Waals surface area contributed by atoms with Crippen LogP contribution < -0.4 is 10.1 Å². The van der Waals surface area contributed by atoms with E-state index in [1.165, 1.54) is 0 Å². The van der Waals surface area contributed by atoms with Crippen molar-refractivity contribution in [1.29, 1.82) is 0 Å². The number of para-hydroxylation sites is 1. The van der Waals surface area contributed by atoms with Gasteiger partial charge >= 0.3 is 6.61 Å². The SMILES string of the molecule is CC(c1ccccc1OC(F)F)N1C[C@H]2CNC[C@H]2C1. The maximum atomic E-state index is 12.5. The lowest BCUT2D eigenvalue weighted by molar-refractivity contribution is -0.0510. The van der Waals surface area contributed by atoms with Gasteiger partial charge in [-0.05, 0) is 37.9 Å². The molecule has 0 saturated carbocycles. The molecule has 110 valence electrons. The van der Waals surface area contributed by atoms with Gasteiger partial charge in [0.05, 0.1) is 0 Å². The van der Waals surface area contributed by atoms with Crippen LogP contribution in [0.1, 0.15) is 18.5 Å². The zero-order chi connectivity index (χ0) is 14.1. The second-order valence-corrected chi connectivity index (χ2v) is 5.72. The average Bonchev–Trinajstić information content (AvgIpc) is 2.98. The van der Waals surface area contributed by atoms with Crippen molar-refractivity contribution in [2.75, 3.05) is 26.2 Å². The molecule has 0 radical (unpaired) electrons. The summed E-state index contributed by atoms with van der Waals surface area (Å²) >= 11 is 0. The molecule has 0 amide bonds. The third kappa shape index (κ3) is 2.65. The van der Waals surface area contributed by atoms with Gasteiger partial charge in [0.25, 0.3) is 0 Å². The Kier molecular flexibility index (Phi) is 3.89. The van der Waals surface area contributed by atoms with Crippen molar-refractivity contribution in [3.8, 4) is 5.75 Å². The molecule has 3 atom stereocenters. The van der Waals surface area contributed by atoms with Gasteiger partial charge in [0, 0.05) is 24.7 Å². The fourth-order valence-corrected chi connectivity index (χ4v) is 3.43. The number of fused-ring (bicyclic) bond motifs is 1. The second-order valence-electron chi connectivity index (χ2n) is 5.72. The molecule has 2 saturated heterocycles. The van der Waals surface area contributed by atoms with Gasteiger partial charge in [-0.3, -0.25) is 4.90 Å². The smallest absolute Gasteiger partial charge is 0.387 e. The van der Waals surface area contributed by atoms with Crippen LogP contribution in [0.2, 0.25) is 0 Å². The van der Waals surface area contributed by atoms with E-state index in [-0.39, 0.29) is 6.04 Å². The van der Waals surface area contributed by atoms with Gasteiger partial charge in [0.2, 0.25) is 0 Å². The second kappa shape index (κ2) is 5.66. The standard InChI is InChI=1S/C15H20F2N2O/c1-10(19-8-11-6-18-7-12(11)9-19)13-4-2-3-5-14(13)20-15(16)17/h2-5,10-12,15,18H,6-9H2,1H3/t10?,11-,12+. The molecule has 1 unspecified atom stereocenters. The summed E-state index contributed by atoms with van der Waals surface area (Å²) in [7, 11) is 0. The van der Waals surface area contributed by atoms with Crippen molar-refractivity contribution in [2.45, 2.75) is 19.6 Å². The van der Waals surface area contributed by atoms with E-state index in [9.17, 15) is 8.78 Å². The fourth-order valence-electron chi connectivity index (χ4n) is 3.43. The number of alkyl halides is 2. The summed E-state index contributed by atoms with van der Waals surface area (Å²) in [6.07, 6.45) is 0. The number of benzene rings is 1. The number of nitrogens with zero attached hydrogens (tertiary/aromatic N) is 1. The molecule has 2 fully saturated rings. The number of rotatable bonds is 4. The van der Waals surface area contributed by atoms with E-state index in [0.717, 1.165) is 31.7 Å². The predicted octanol–water partition coefficient (Wildman–Crippen LogP) is 2.50. The van der Waals surface area contributed by atoms with Crippen LogP contribution in [0.15, 0.2) is 24.3 Å². The molecule has 0 aromatic heterocycles. The minimum atomic E-state index is -2.77. The molecule has 0 bridgehead atoms. The van der Waals surface area contributed by atoms with E-state index in [4.69, 9.17) is 0 Å². The molecule has 0 spiro atoms. The quantitative estimate of drug-likeness (QED) is 0.918. The Hall–Kier alpha value is -1.20. The van der Waals surface area contributed by atoms with Gasteiger partial charge in [0.1, 0.15) is 5.75 Å². The van der Waals surface area contributed by atoms with E-state index in [0.29, 0.717) is 17.6 Å². The van der Waals surface area contributed by atoms with E-state index in [1.54, 1.807) is 12.1 Å². The lowest BCUT2D eigenvalue weighted by atomic mass is 10.0. The maximum absolute atomic E-state index is 12.5.